The molecule has 1 aliphatic heterocycles. The van der Waals surface area contributed by atoms with Gasteiger partial charge in [-0.2, -0.15) is 0 Å². The normalized spacial score (nSPS) is 14.5. The van der Waals surface area contributed by atoms with Gasteiger partial charge >= 0.3 is 0 Å². The number of fused-ring (bicyclic) bond motifs is 1. The molecule has 2 aromatic rings. The molecule has 6 heteroatoms. The molecule has 0 unspecified atom stereocenters. The topological polar surface area (TPSA) is 77.2 Å². The van der Waals surface area contributed by atoms with Crippen LogP contribution in [0.2, 0.25) is 0 Å². The summed E-state index contributed by atoms with van der Waals surface area (Å²) in [6, 6.07) is 7.64. The van der Waals surface area contributed by atoms with E-state index in [1.54, 1.807) is 0 Å². The van der Waals surface area contributed by atoms with Crippen LogP contribution in [0, 0.1) is 13.8 Å². The van der Waals surface area contributed by atoms with E-state index >= 15 is 0 Å². The Morgan fingerprint density at radius 1 is 1.18 bits per heavy atom. The van der Waals surface area contributed by atoms with Crippen molar-refractivity contribution in [1.29, 1.82) is 0 Å². The van der Waals surface area contributed by atoms with Gasteiger partial charge in [0.05, 0.1) is 11.3 Å². The number of amides is 2. The van der Waals surface area contributed by atoms with Crippen LogP contribution in [0.3, 0.4) is 0 Å². The fraction of sp³-hybridized carbons (Fsp3) is 0.364. The highest BCUT2D eigenvalue weighted by molar-refractivity contribution is 6.34. The lowest BCUT2D eigenvalue weighted by Crippen LogP contribution is -2.27. The molecule has 1 aromatic heterocycles. The van der Waals surface area contributed by atoms with Gasteiger partial charge in [0.25, 0.3) is 5.91 Å². The van der Waals surface area contributed by atoms with Crippen LogP contribution in [0.1, 0.15) is 42.8 Å². The van der Waals surface area contributed by atoms with Gasteiger partial charge in [0.2, 0.25) is 5.91 Å². The van der Waals surface area contributed by atoms with Crippen LogP contribution < -0.4 is 10.6 Å². The Morgan fingerprint density at radius 2 is 1.89 bits per heavy atom. The van der Waals surface area contributed by atoms with Gasteiger partial charge in [-0.05, 0) is 44.6 Å². The molecule has 6 nitrogen and oxygen atoms in total. The van der Waals surface area contributed by atoms with Gasteiger partial charge < -0.3 is 20.5 Å². The molecule has 1 aliphatic rings. The van der Waals surface area contributed by atoms with Crippen molar-refractivity contribution in [2.75, 3.05) is 30.3 Å². The highest BCUT2D eigenvalue weighted by Gasteiger charge is 2.24. The van der Waals surface area contributed by atoms with E-state index in [0.717, 1.165) is 53.5 Å². The molecule has 148 valence electrons. The molecule has 0 bridgehead atoms. The number of benzene rings is 1. The minimum atomic E-state index is -0.113. The lowest BCUT2D eigenvalue weighted by atomic mass is 10.1. The molecule has 0 saturated heterocycles. The molecule has 3 rings (SSSR count). The summed E-state index contributed by atoms with van der Waals surface area (Å²) in [6.07, 6.45) is 2.31. The zero-order valence-electron chi connectivity index (χ0n) is 17.0. The Balaban J connectivity index is 1.79. The third-order valence-electron chi connectivity index (χ3n) is 5.29. The van der Waals surface area contributed by atoms with Crippen molar-refractivity contribution in [3.05, 3.63) is 46.8 Å². The molecule has 0 spiro atoms. The number of nitrogens with one attached hydrogen (secondary N) is 3. The van der Waals surface area contributed by atoms with E-state index in [-0.39, 0.29) is 11.8 Å². The van der Waals surface area contributed by atoms with Crippen molar-refractivity contribution in [2.45, 2.75) is 34.1 Å². The zero-order valence-corrected chi connectivity index (χ0v) is 17.0. The number of carbonyl (C=O) groups is 2. The lowest BCUT2D eigenvalue weighted by Gasteiger charge is -2.17. The fourth-order valence-corrected chi connectivity index (χ4v) is 3.53. The number of H-pyrrole nitrogens is 1. The summed E-state index contributed by atoms with van der Waals surface area (Å²) in [4.78, 5) is 30.3. The Kier molecular flexibility index (Phi) is 5.99. The number of hydrogen-bond acceptors (Lipinski definition) is 3. The third-order valence-corrected chi connectivity index (χ3v) is 5.29. The third kappa shape index (κ3) is 4.02. The van der Waals surface area contributed by atoms with E-state index in [0.29, 0.717) is 12.0 Å². The van der Waals surface area contributed by atoms with Crippen molar-refractivity contribution >= 4 is 34.8 Å². The van der Waals surface area contributed by atoms with Crippen molar-refractivity contribution < 1.29 is 9.59 Å². The molecular formula is C22H28N4O2. The summed E-state index contributed by atoms with van der Waals surface area (Å²) < 4.78 is 0. The molecule has 0 atom stereocenters. The van der Waals surface area contributed by atoms with Crippen molar-refractivity contribution in [1.82, 2.24) is 9.88 Å². The maximum Gasteiger partial charge on any atom is 0.256 e. The SMILES string of the molecule is CCN(CC)CCC(=O)Nc1c(C)[nH]c(/C=C2\C(=O)Nc3ccccc32)c1C. The van der Waals surface area contributed by atoms with Crippen LogP contribution in [0.5, 0.6) is 0 Å². The van der Waals surface area contributed by atoms with Crippen LogP contribution in [0.25, 0.3) is 11.6 Å². The van der Waals surface area contributed by atoms with Gasteiger partial charge in [0, 0.05) is 35.6 Å². The summed E-state index contributed by atoms with van der Waals surface area (Å²) in [6.45, 7) is 10.7. The summed E-state index contributed by atoms with van der Waals surface area (Å²) in [5.74, 6) is -0.113. The first kappa shape index (κ1) is 19.9. The molecule has 1 aromatic carbocycles. The largest absolute Gasteiger partial charge is 0.357 e. The molecule has 3 N–H and O–H groups in total. The van der Waals surface area contributed by atoms with Gasteiger partial charge in [-0.25, -0.2) is 0 Å². The average Bonchev–Trinajstić information content (AvgIpc) is 3.14. The van der Waals surface area contributed by atoms with Gasteiger partial charge in [0.15, 0.2) is 0 Å². The number of hydrogen-bond donors (Lipinski definition) is 3. The average molecular weight is 380 g/mol. The van der Waals surface area contributed by atoms with Crippen LogP contribution in [-0.4, -0.2) is 41.3 Å². The number of para-hydroxylation sites is 1. The lowest BCUT2D eigenvalue weighted by molar-refractivity contribution is -0.116. The van der Waals surface area contributed by atoms with Crippen LogP contribution in [-0.2, 0) is 9.59 Å². The number of nitrogens with zero attached hydrogens (tertiary/aromatic N) is 1. The number of rotatable bonds is 7. The van der Waals surface area contributed by atoms with Crippen molar-refractivity contribution in [3.63, 3.8) is 0 Å². The van der Waals surface area contributed by atoms with Crippen molar-refractivity contribution in [3.8, 4) is 0 Å². The first-order chi connectivity index (χ1) is 13.4. The van der Waals surface area contributed by atoms with Gasteiger partial charge in [-0.3, -0.25) is 9.59 Å². The monoisotopic (exact) mass is 380 g/mol. The van der Waals surface area contributed by atoms with E-state index in [4.69, 9.17) is 0 Å². The Bertz CT molecular complexity index is 923. The molecule has 2 heterocycles. The Labute approximate surface area is 166 Å². The maximum absolute atomic E-state index is 12.4. The molecule has 0 radical (unpaired) electrons. The second-order valence-electron chi connectivity index (χ2n) is 7.05. The molecule has 0 fully saturated rings. The quantitative estimate of drug-likeness (QED) is 0.640. The molecule has 0 saturated carbocycles. The second kappa shape index (κ2) is 8.44. The minimum Gasteiger partial charge on any atom is -0.357 e. The summed E-state index contributed by atoms with van der Waals surface area (Å²) in [5, 5.41) is 5.91. The number of aromatic nitrogens is 1. The predicted molar refractivity (Wildman–Crippen MR) is 114 cm³/mol. The van der Waals surface area contributed by atoms with E-state index < -0.39 is 0 Å². The predicted octanol–water partition coefficient (Wildman–Crippen LogP) is 3.79. The van der Waals surface area contributed by atoms with Crippen LogP contribution >= 0.6 is 0 Å². The first-order valence-corrected chi connectivity index (χ1v) is 9.78. The number of anilines is 2. The Hall–Kier alpha value is -2.86. The Morgan fingerprint density at radius 3 is 2.61 bits per heavy atom. The van der Waals surface area contributed by atoms with Crippen LogP contribution in [0.4, 0.5) is 11.4 Å². The highest BCUT2D eigenvalue weighted by atomic mass is 16.2. The van der Waals surface area contributed by atoms with Gasteiger partial charge in [-0.1, -0.05) is 32.0 Å². The summed E-state index contributed by atoms with van der Waals surface area (Å²) >= 11 is 0. The van der Waals surface area contributed by atoms with Gasteiger partial charge in [-0.15, -0.1) is 0 Å². The summed E-state index contributed by atoms with van der Waals surface area (Å²) in [5.41, 5.74) is 5.78. The number of aryl methyl sites for hydroxylation is 1. The van der Waals surface area contributed by atoms with E-state index in [9.17, 15) is 9.59 Å². The second-order valence-corrected chi connectivity index (χ2v) is 7.05. The molecular weight excluding hydrogens is 352 g/mol. The zero-order chi connectivity index (χ0) is 20.3. The number of aromatic amines is 1. The first-order valence-electron chi connectivity index (χ1n) is 9.78. The smallest absolute Gasteiger partial charge is 0.256 e. The highest BCUT2D eigenvalue weighted by Crippen LogP contribution is 2.34. The minimum absolute atomic E-state index is 0.000239. The number of carbonyl (C=O) groups excluding carboxylic acids is 2. The van der Waals surface area contributed by atoms with E-state index in [2.05, 4.69) is 34.4 Å². The van der Waals surface area contributed by atoms with E-state index in [1.165, 1.54) is 0 Å². The standard InChI is InChI=1S/C22H28N4O2/c1-5-26(6-2)12-11-20(27)25-21-14(3)19(23-15(21)4)13-17-16-9-7-8-10-18(16)24-22(17)28/h7-10,13,23H,5-6,11-12H2,1-4H3,(H,24,28)(H,25,27)/b17-13-. The maximum atomic E-state index is 12.4. The summed E-state index contributed by atoms with van der Waals surface area (Å²) in [7, 11) is 0. The van der Waals surface area contributed by atoms with Gasteiger partial charge in [0.1, 0.15) is 0 Å². The van der Waals surface area contributed by atoms with Crippen LogP contribution in [0.15, 0.2) is 24.3 Å². The molecule has 2 amide bonds. The van der Waals surface area contributed by atoms with E-state index in [1.807, 2.05) is 44.2 Å². The molecule has 0 aliphatic carbocycles. The fourth-order valence-electron chi connectivity index (χ4n) is 3.53. The van der Waals surface area contributed by atoms with Crippen molar-refractivity contribution in [2.24, 2.45) is 0 Å². The molecule has 28 heavy (non-hydrogen) atoms.